The Morgan fingerprint density at radius 3 is 2.68 bits per heavy atom. The summed E-state index contributed by atoms with van der Waals surface area (Å²) in [6.07, 6.45) is 3.53. The normalized spacial score (nSPS) is 10.5. The van der Waals surface area contributed by atoms with Crippen LogP contribution < -0.4 is 10.6 Å². The third kappa shape index (κ3) is 5.57. The summed E-state index contributed by atoms with van der Waals surface area (Å²) in [6.45, 7) is 0. The molecule has 128 valence electrons. The van der Waals surface area contributed by atoms with Crippen LogP contribution in [-0.4, -0.2) is 21.2 Å². The Labute approximate surface area is 162 Å². The predicted octanol–water partition coefficient (Wildman–Crippen LogP) is 5.18. The van der Waals surface area contributed by atoms with Gasteiger partial charge >= 0.3 is 6.03 Å². The molecule has 3 rings (SSSR count). The maximum absolute atomic E-state index is 12.0. The van der Waals surface area contributed by atoms with Crippen molar-refractivity contribution in [3.63, 3.8) is 0 Å². The Bertz CT molecular complexity index is 855. The van der Waals surface area contributed by atoms with Crippen LogP contribution in [0.15, 0.2) is 47.1 Å². The number of thioether (sulfide) groups is 1. The zero-order valence-corrected chi connectivity index (χ0v) is 15.7. The van der Waals surface area contributed by atoms with E-state index >= 15 is 0 Å². The number of aromatic nitrogens is 3. The maximum Gasteiger partial charge on any atom is 0.325 e. The van der Waals surface area contributed by atoms with Gasteiger partial charge in [-0.3, -0.25) is 10.3 Å². The van der Waals surface area contributed by atoms with Crippen molar-refractivity contribution in [1.82, 2.24) is 15.2 Å². The number of nitrogens with zero attached hydrogens (tertiary/aromatic N) is 3. The van der Waals surface area contributed by atoms with Gasteiger partial charge in [0.05, 0.1) is 0 Å². The largest absolute Gasteiger partial charge is 0.325 e. The molecule has 0 radical (unpaired) electrons. The molecule has 0 unspecified atom stereocenters. The molecule has 0 aliphatic heterocycles. The molecule has 2 N–H and O–H groups in total. The fourth-order valence-electron chi connectivity index (χ4n) is 1.83. The lowest BCUT2D eigenvalue weighted by Crippen LogP contribution is -2.19. The third-order valence-electron chi connectivity index (χ3n) is 2.83. The molecule has 0 atom stereocenters. The van der Waals surface area contributed by atoms with Crippen LogP contribution in [0.4, 0.5) is 15.6 Å². The number of carbonyl (C=O) groups is 1. The first-order chi connectivity index (χ1) is 12.1. The molecule has 2 amide bonds. The van der Waals surface area contributed by atoms with Gasteiger partial charge in [0.2, 0.25) is 5.13 Å². The van der Waals surface area contributed by atoms with E-state index in [1.807, 2.05) is 12.1 Å². The molecular weight excluding hydrogens is 401 g/mol. The fraction of sp³-hybridized carbons (Fsp3) is 0.0667. The minimum absolute atomic E-state index is 0.402. The number of hydrogen-bond donors (Lipinski definition) is 2. The monoisotopic (exact) mass is 411 g/mol. The van der Waals surface area contributed by atoms with Gasteiger partial charge in [-0.05, 0) is 29.8 Å². The molecule has 10 heteroatoms. The third-order valence-corrected chi connectivity index (χ3v) is 5.31. The molecule has 25 heavy (non-hydrogen) atoms. The van der Waals surface area contributed by atoms with E-state index in [9.17, 15) is 4.79 Å². The van der Waals surface area contributed by atoms with Gasteiger partial charge in [-0.15, -0.1) is 10.2 Å². The molecular formula is C15H11Cl2N5OS2. The standard InChI is InChI=1S/C15H11Cl2N5OS2/c16-10-4-11(17)6-12(5-10)19-13(23)20-14-21-22-15(25-14)24-8-9-2-1-3-18-7-9/h1-7H,8H2,(H2,19,20,21,23). The van der Waals surface area contributed by atoms with Crippen molar-refractivity contribution >= 4 is 63.2 Å². The van der Waals surface area contributed by atoms with E-state index in [0.29, 0.717) is 20.9 Å². The van der Waals surface area contributed by atoms with E-state index in [4.69, 9.17) is 23.2 Å². The van der Waals surface area contributed by atoms with E-state index in [0.717, 1.165) is 15.7 Å². The molecule has 2 aromatic heterocycles. The molecule has 6 nitrogen and oxygen atoms in total. The summed E-state index contributed by atoms with van der Waals surface area (Å²) < 4.78 is 0.755. The minimum Gasteiger partial charge on any atom is -0.308 e. The van der Waals surface area contributed by atoms with E-state index in [2.05, 4.69) is 25.8 Å². The Kier molecular flexibility index (Phi) is 6.09. The smallest absolute Gasteiger partial charge is 0.308 e. The summed E-state index contributed by atoms with van der Waals surface area (Å²) in [6, 6.07) is 8.21. The summed E-state index contributed by atoms with van der Waals surface area (Å²) in [7, 11) is 0. The molecule has 0 spiro atoms. The Balaban J connectivity index is 1.54. The van der Waals surface area contributed by atoms with Gasteiger partial charge in [-0.2, -0.15) is 0 Å². The highest BCUT2D eigenvalue weighted by Crippen LogP contribution is 2.28. The predicted molar refractivity (Wildman–Crippen MR) is 103 cm³/mol. The number of pyridine rings is 1. The van der Waals surface area contributed by atoms with Gasteiger partial charge in [0, 0.05) is 33.9 Å². The minimum atomic E-state index is -0.446. The van der Waals surface area contributed by atoms with Crippen molar-refractivity contribution in [2.45, 2.75) is 10.1 Å². The van der Waals surface area contributed by atoms with Gasteiger partial charge in [0.15, 0.2) is 4.34 Å². The average Bonchev–Trinajstić information content (AvgIpc) is 3.00. The summed E-state index contributed by atoms with van der Waals surface area (Å²) >= 11 is 14.6. The lowest BCUT2D eigenvalue weighted by atomic mass is 10.3. The highest BCUT2D eigenvalue weighted by Gasteiger charge is 2.10. The van der Waals surface area contributed by atoms with Crippen LogP contribution >= 0.6 is 46.3 Å². The number of halogens is 2. The fourth-order valence-corrected chi connectivity index (χ4v) is 4.04. The molecule has 0 saturated heterocycles. The maximum atomic E-state index is 12.0. The van der Waals surface area contributed by atoms with Crippen LogP contribution in [0.3, 0.4) is 0 Å². The quantitative estimate of drug-likeness (QED) is 0.446. The number of benzene rings is 1. The van der Waals surface area contributed by atoms with E-state index < -0.39 is 6.03 Å². The molecule has 0 bridgehead atoms. The van der Waals surface area contributed by atoms with Gasteiger partial charge in [0.1, 0.15) is 0 Å². The van der Waals surface area contributed by atoms with E-state index in [1.165, 1.54) is 23.1 Å². The molecule has 2 heterocycles. The second kappa shape index (κ2) is 8.48. The summed E-state index contributed by atoms with van der Waals surface area (Å²) in [5, 5.41) is 14.6. The molecule has 0 aliphatic carbocycles. The first-order valence-electron chi connectivity index (χ1n) is 6.98. The lowest BCUT2D eigenvalue weighted by molar-refractivity contribution is 0.262. The van der Waals surface area contributed by atoms with Crippen molar-refractivity contribution in [2.24, 2.45) is 0 Å². The van der Waals surface area contributed by atoms with Crippen LogP contribution in [-0.2, 0) is 5.75 Å². The Hall–Kier alpha value is -1.87. The van der Waals surface area contributed by atoms with Crippen molar-refractivity contribution in [2.75, 3.05) is 10.6 Å². The number of anilines is 2. The van der Waals surface area contributed by atoms with Crippen molar-refractivity contribution < 1.29 is 4.79 Å². The van der Waals surface area contributed by atoms with Crippen LogP contribution in [0.5, 0.6) is 0 Å². The van der Waals surface area contributed by atoms with E-state index in [1.54, 1.807) is 30.6 Å². The zero-order chi connectivity index (χ0) is 17.6. The number of hydrogen-bond acceptors (Lipinski definition) is 6. The van der Waals surface area contributed by atoms with E-state index in [-0.39, 0.29) is 0 Å². The number of rotatable bonds is 5. The van der Waals surface area contributed by atoms with Crippen molar-refractivity contribution in [3.8, 4) is 0 Å². The number of amides is 2. The molecule has 3 aromatic rings. The Morgan fingerprint density at radius 2 is 1.96 bits per heavy atom. The van der Waals surface area contributed by atoms with Crippen LogP contribution in [0.2, 0.25) is 10.0 Å². The highest BCUT2D eigenvalue weighted by atomic mass is 35.5. The highest BCUT2D eigenvalue weighted by molar-refractivity contribution is 8.00. The van der Waals surface area contributed by atoms with Crippen LogP contribution in [0.25, 0.3) is 0 Å². The first kappa shape index (κ1) is 17.9. The topological polar surface area (TPSA) is 79.8 Å². The first-order valence-corrected chi connectivity index (χ1v) is 9.53. The SMILES string of the molecule is O=C(Nc1cc(Cl)cc(Cl)c1)Nc1nnc(SCc2cccnc2)s1. The van der Waals surface area contributed by atoms with Gasteiger partial charge in [0.25, 0.3) is 0 Å². The van der Waals surface area contributed by atoms with Crippen LogP contribution in [0.1, 0.15) is 5.56 Å². The summed E-state index contributed by atoms with van der Waals surface area (Å²) in [4.78, 5) is 16.1. The molecule has 0 fully saturated rings. The van der Waals surface area contributed by atoms with Gasteiger partial charge in [-0.1, -0.05) is 52.4 Å². The van der Waals surface area contributed by atoms with Crippen molar-refractivity contribution in [3.05, 3.63) is 58.3 Å². The lowest BCUT2D eigenvalue weighted by Gasteiger charge is -2.06. The van der Waals surface area contributed by atoms with Crippen LogP contribution in [0, 0.1) is 0 Å². The Morgan fingerprint density at radius 1 is 1.16 bits per heavy atom. The number of urea groups is 1. The second-order valence-electron chi connectivity index (χ2n) is 4.76. The summed E-state index contributed by atoms with van der Waals surface area (Å²) in [5.74, 6) is 0.732. The molecule has 0 saturated carbocycles. The average molecular weight is 412 g/mol. The van der Waals surface area contributed by atoms with Gasteiger partial charge in [-0.25, -0.2) is 4.79 Å². The van der Waals surface area contributed by atoms with Gasteiger partial charge < -0.3 is 5.32 Å². The second-order valence-corrected chi connectivity index (χ2v) is 7.83. The number of carbonyl (C=O) groups excluding carboxylic acids is 1. The van der Waals surface area contributed by atoms with Crippen molar-refractivity contribution in [1.29, 1.82) is 0 Å². The summed E-state index contributed by atoms with van der Waals surface area (Å²) in [5.41, 5.74) is 1.58. The molecule has 1 aromatic carbocycles. The zero-order valence-electron chi connectivity index (χ0n) is 12.6. The molecule has 0 aliphatic rings. The number of nitrogens with one attached hydrogen (secondary N) is 2.